The molecule has 0 atom stereocenters. The van der Waals surface area contributed by atoms with Crippen molar-refractivity contribution in [2.75, 3.05) is 26.2 Å². The van der Waals surface area contributed by atoms with Crippen molar-refractivity contribution in [3.63, 3.8) is 0 Å². The van der Waals surface area contributed by atoms with Crippen LogP contribution >= 0.6 is 23.2 Å². The smallest absolute Gasteiger partial charge is 0.176 e. The Morgan fingerprint density at radius 2 is 2.06 bits per heavy atom. The number of rotatable bonds is 7. The highest BCUT2D eigenvalue weighted by Gasteiger charge is 2.12. The van der Waals surface area contributed by atoms with E-state index in [4.69, 9.17) is 28.3 Å². The van der Waals surface area contributed by atoms with E-state index in [1.165, 1.54) is 0 Å². The topological polar surface area (TPSA) is 40.5 Å². The van der Waals surface area contributed by atoms with Crippen LogP contribution in [0.5, 0.6) is 0 Å². The van der Waals surface area contributed by atoms with E-state index >= 15 is 0 Å². The zero-order valence-corrected chi connectivity index (χ0v) is 11.8. The Bertz CT molecular complexity index is 410. The maximum Gasteiger partial charge on any atom is 0.176 e. The number of nitrogens with zero attached hydrogens (tertiary/aromatic N) is 1. The van der Waals surface area contributed by atoms with E-state index in [-0.39, 0.29) is 12.4 Å². The van der Waals surface area contributed by atoms with Crippen LogP contribution in [0.2, 0.25) is 10.0 Å². The summed E-state index contributed by atoms with van der Waals surface area (Å²) in [5, 5.41) is 9.62. The van der Waals surface area contributed by atoms with Crippen LogP contribution in [0.4, 0.5) is 0 Å². The second-order valence-corrected chi connectivity index (χ2v) is 4.81. The maximum absolute atomic E-state index is 12.0. The normalized spacial score (nSPS) is 10.9. The number of aliphatic hydroxyl groups excluding tert-OH is 1. The fourth-order valence-corrected chi connectivity index (χ4v) is 1.91. The number of carbonyl (C=O) groups is 1. The van der Waals surface area contributed by atoms with Crippen molar-refractivity contribution in [3.05, 3.63) is 33.8 Å². The quantitative estimate of drug-likeness (QED) is 0.785. The highest BCUT2D eigenvalue weighted by Crippen LogP contribution is 2.22. The van der Waals surface area contributed by atoms with Gasteiger partial charge in [0.25, 0.3) is 0 Å². The molecular formula is C13H17Cl2NO2. The Kier molecular flexibility index (Phi) is 6.65. The lowest BCUT2D eigenvalue weighted by Gasteiger charge is -2.18. The molecule has 0 aliphatic heterocycles. The van der Waals surface area contributed by atoms with Gasteiger partial charge in [-0.25, -0.2) is 0 Å². The summed E-state index contributed by atoms with van der Waals surface area (Å²) in [6, 6.07) is 4.89. The zero-order chi connectivity index (χ0) is 13.5. The lowest BCUT2D eigenvalue weighted by Crippen LogP contribution is -2.31. The molecule has 1 aromatic carbocycles. The number of hydrogen-bond acceptors (Lipinski definition) is 3. The van der Waals surface area contributed by atoms with Crippen LogP contribution < -0.4 is 0 Å². The summed E-state index contributed by atoms with van der Waals surface area (Å²) in [5.74, 6) is 0.00774. The molecule has 3 nitrogen and oxygen atoms in total. The predicted molar refractivity (Wildman–Crippen MR) is 74.6 cm³/mol. The number of aliphatic hydroxyl groups is 1. The van der Waals surface area contributed by atoms with Crippen molar-refractivity contribution >= 4 is 29.0 Å². The van der Waals surface area contributed by atoms with Crippen molar-refractivity contribution < 1.29 is 9.90 Å². The van der Waals surface area contributed by atoms with Crippen molar-refractivity contribution in [3.8, 4) is 0 Å². The average Bonchev–Trinajstić information content (AvgIpc) is 2.37. The van der Waals surface area contributed by atoms with E-state index in [2.05, 4.69) is 0 Å². The molecule has 1 N–H and O–H groups in total. The van der Waals surface area contributed by atoms with E-state index in [0.717, 1.165) is 6.54 Å². The van der Waals surface area contributed by atoms with Gasteiger partial charge in [-0.2, -0.15) is 0 Å². The molecule has 0 aromatic heterocycles. The van der Waals surface area contributed by atoms with Crippen molar-refractivity contribution in [2.24, 2.45) is 0 Å². The van der Waals surface area contributed by atoms with Gasteiger partial charge in [-0.05, 0) is 31.2 Å². The van der Waals surface area contributed by atoms with Crippen LogP contribution in [0.25, 0.3) is 0 Å². The van der Waals surface area contributed by atoms with Crippen molar-refractivity contribution in [2.45, 2.75) is 13.3 Å². The summed E-state index contributed by atoms with van der Waals surface area (Å²) in [6.07, 6.45) is 0.669. The number of ketones is 1. The summed E-state index contributed by atoms with van der Waals surface area (Å²) in [6.45, 7) is 3.93. The van der Waals surface area contributed by atoms with Gasteiger partial charge in [0, 0.05) is 18.7 Å². The minimum Gasteiger partial charge on any atom is -0.396 e. The fourth-order valence-electron chi connectivity index (χ4n) is 1.61. The van der Waals surface area contributed by atoms with Crippen LogP contribution in [0.15, 0.2) is 18.2 Å². The zero-order valence-electron chi connectivity index (χ0n) is 10.3. The van der Waals surface area contributed by atoms with Gasteiger partial charge in [0.1, 0.15) is 0 Å². The number of halogens is 2. The first-order valence-electron chi connectivity index (χ1n) is 5.90. The van der Waals surface area contributed by atoms with Gasteiger partial charge in [-0.1, -0.05) is 30.1 Å². The molecule has 0 unspecified atom stereocenters. The second-order valence-electron chi connectivity index (χ2n) is 4.00. The molecule has 5 heteroatoms. The van der Waals surface area contributed by atoms with Crippen LogP contribution in [0.3, 0.4) is 0 Å². The molecule has 0 heterocycles. The molecule has 0 saturated carbocycles. The molecule has 18 heavy (non-hydrogen) atoms. The Morgan fingerprint density at radius 1 is 1.33 bits per heavy atom. The van der Waals surface area contributed by atoms with Gasteiger partial charge in [0.05, 0.1) is 16.6 Å². The van der Waals surface area contributed by atoms with Crippen LogP contribution in [-0.4, -0.2) is 42.0 Å². The molecule has 0 radical (unpaired) electrons. The van der Waals surface area contributed by atoms with Crippen LogP contribution in [-0.2, 0) is 0 Å². The molecule has 0 fully saturated rings. The van der Waals surface area contributed by atoms with Crippen LogP contribution in [0.1, 0.15) is 23.7 Å². The van der Waals surface area contributed by atoms with E-state index in [0.29, 0.717) is 35.1 Å². The molecule has 0 aliphatic carbocycles. The highest BCUT2D eigenvalue weighted by atomic mass is 35.5. The third-order valence-corrected chi connectivity index (χ3v) is 3.43. The Hall–Kier alpha value is -0.610. The Balaban J connectivity index is 2.65. The van der Waals surface area contributed by atoms with Gasteiger partial charge in [0.2, 0.25) is 0 Å². The fraction of sp³-hybridized carbons (Fsp3) is 0.462. The molecule has 0 aliphatic rings. The van der Waals surface area contributed by atoms with E-state index in [1.54, 1.807) is 18.2 Å². The maximum atomic E-state index is 12.0. The lowest BCUT2D eigenvalue weighted by atomic mass is 10.1. The van der Waals surface area contributed by atoms with E-state index < -0.39 is 0 Å². The third kappa shape index (κ3) is 4.58. The number of Topliss-reactive ketones (excluding diaryl/α,β-unsaturated/α-hetero) is 1. The van der Waals surface area contributed by atoms with Gasteiger partial charge < -0.3 is 5.11 Å². The van der Waals surface area contributed by atoms with Gasteiger partial charge in [-0.15, -0.1) is 0 Å². The number of hydrogen-bond donors (Lipinski definition) is 1. The van der Waals surface area contributed by atoms with Gasteiger partial charge >= 0.3 is 0 Å². The molecule has 0 saturated heterocycles. The molecule has 0 bridgehead atoms. The second kappa shape index (κ2) is 7.74. The Morgan fingerprint density at radius 3 is 2.61 bits per heavy atom. The predicted octanol–water partition coefficient (Wildman–Crippen LogP) is 2.88. The van der Waals surface area contributed by atoms with Crippen molar-refractivity contribution in [1.29, 1.82) is 0 Å². The number of benzene rings is 1. The summed E-state index contributed by atoms with van der Waals surface area (Å²) in [4.78, 5) is 14.0. The molecule has 0 amide bonds. The first-order chi connectivity index (χ1) is 8.58. The van der Waals surface area contributed by atoms with E-state index in [9.17, 15) is 4.79 Å². The average molecular weight is 290 g/mol. The highest BCUT2D eigenvalue weighted by molar-refractivity contribution is 6.42. The molecule has 1 rings (SSSR count). The largest absolute Gasteiger partial charge is 0.396 e. The Labute approximate surface area is 117 Å². The number of likely N-dealkylation sites (N-methyl/N-ethyl adjacent to an activating group) is 1. The summed E-state index contributed by atoms with van der Waals surface area (Å²) >= 11 is 11.7. The lowest BCUT2D eigenvalue weighted by molar-refractivity contribution is 0.0928. The van der Waals surface area contributed by atoms with E-state index in [1.807, 2.05) is 11.8 Å². The molecule has 100 valence electrons. The monoisotopic (exact) mass is 289 g/mol. The minimum absolute atomic E-state index is 0.00774. The number of carbonyl (C=O) groups excluding carboxylic acids is 1. The SMILES string of the molecule is CCN(CCCO)CC(=O)c1ccc(Cl)c(Cl)c1. The molecular weight excluding hydrogens is 273 g/mol. The third-order valence-electron chi connectivity index (χ3n) is 2.69. The molecule has 0 spiro atoms. The molecule has 1 aromatic rings. The summed E-state index contributed by atoms with van der Waals surface area (Å²) < 4.78 is 0. The van der Waals surface area contributed by atoms with Crippen molar-refractivity contribution in [1.82, 2.24) is 4.90 Å². The van der Waals surface area contributed by atoms with Gasteiger partial charge in [-0.3, -0.25) is 9.69 Å². The minimum atomic E-state index is 0.00774. The first-order valence-corrected chi connectivity index (χ1v) is 6.65. The first kappa shape index (κ1) is 15.4. The summed E-state index contributed by atoms with van der Waals surface area (Å²) in [5.41, 5.74) is 0.562. The van der Waals surface area contributed by atoms with Gasteiger partial charge in [0.15, 0.2) is 5.78 Å². The standard InChI is InChI=1S/C13H17Cl2NO2/c1-2-16(6-3-7-17)9-13(18)10-4-5-11(14)12(15)8-10/h4-5,8,17H,2-3,6-7,9H2,1H3. The van der Waals surface area contributed by atoms with Crippen LogP contribution in [0, 0.1) is 0 Å². The summed E-state index contributed by atoms with van der Waals surface area (Å²) in [7, 11) is 0.